The van der Waals surface area contributed by atoms with E-state index in [0.29, 0.717) is 18.8 Å². The van der Waals surface area contributed by atoms with Gasteiger partial charge in [-0.2, -0.15) is 4.31 Å². The average Bonchev–Trinajstić information content (AvgIpc) is 3.27. The van der Waals surface area contributed by atoms with E-state index in [1.54, 1.807) is 5.38 Å². The van der Waals surface area contributed by atoms with Crippen LogP contribution >= 0.6 is 11.3 Å². The van der Waals surface area contributed by atoms with E-state index in [1.165, 1.54) is 34.6 Å². The van der Waals surface area contributed by atoms with Gasteiger partial charge >= 0.3 is 5.97 Å². The lowest BCUT2D eigenvalue weighted by molar-refractivity contribution is 0.0696. The van der Waals surface area contributed by atoms with Gasteiger partial charge in [-0.05, 0) is 48.6 Å². The fourth-order valence-electron chi connectivity index (χ4n) is 2.62. The van der Waals surface area contributed by atoms with E-state index in [-0.39, 0.29) is 15.3 Å². The molecule has 0 bridgehead atoms. The van der Waals surface area contributed by atoms with E-state index in [2.05, 4.69) is 5.32 Å². The second-order valence-corrected chi connectivity index (χ2v) is 8.38. The van der Waals surface area contributed by atoms with Gasteiger partial charge in [0.15, 0.2) is 0 Å². The molecule has 0 aliphatic carbocycles. The van der Waals surface area contributed by atoms with Crippen molar-refractivity contribution in [3.05, 3.63) is 46.2 Å². The second kappa shape index (κ2) is 6.95. The Morgan fingerprint density at radius 1 is 1.08 bits per heavy atom. The van der Waals surface area contributed by atoms with Crippen molar-refractivity contribution in [2.45, 2.75) is 17.7 Å². The van der Waals surface area contributed by atoms with Crippen LogP contribution in [0.25, 0.3) is 0 Å². The number of aromatic carboxylic acids is 1. The minimum absolute atomic E-state index is 0.0130. The van der Waals surface area contributed by atoms with Gasteiger partial charge in [-0.15, -0.1) is 11.3 Å². The van der Waals surface area contributed by atoms with E-state index in [4.69, 9.17) is 5.11 Å². The molecule has 25 heavy (non-hydrogen) atoms. The Balaban J connectivity index is 1.82. The van der Waals surface area contributed by atoms with Crippen molar-refractivity contribution in [3.8, 4) is 0 Å². The smallest absolute Gasteiger partial charge is 0.335 e. The van der Waals surface area contributed by atoms with Crippen molar-refractivity contribution in [3.63, 3.8) is 0 Å². The van der Waals surface area contributed by atoms with Crippen molar-refractivity contribution >= 4 is 38.9 Å². The van der Waals surface area contributed by atoms with Gasteiger partial charge in [-0.1, -0.05) is 0 Å². The summed E-state index contributed by atoms with van der Waals surface area (Å²) in [5.41, 5.74) is 0.499. The molecule has 1 saturated heterocycles. The van der Waals surface area contributed by atoms with E-state index in [1.807, 2.05) is 0 Å². The molecule has 1 aromatic carbocycles. The third kappa shape index (κ3) is 3.58. The Morgan fingerprint density at radius 2 is 1.72 bits per heavy atom. The van der Waals surface area contributed by atoms with Crippen LogP contribution in [-0.2, 0) is 10.0 Å². The maximum absolute atomic E-state index is 12.7. The molecule has 7 nitrogen and oxygen atoms in total. The summed E-state index contributed by atoms with van der Waals surface area (Å²) >= 11 is 1.06. The maximum atomic E-state index is 12.7. The van der Waals surface area contributed by atoms with E-state index in [0.717, 1.165) is 24.2 Å². The number of hydrogen-bond donors (Lipinski definition) is 2. The number of carbonyl (C=O) groups is 2. The number of anilines is 1. The van der Waals surface area contributed by atoms with Crippen LogP contribution in [0.5, 0.6) is 0 Å². The first-order valence-corrected chi connectivity index (χ1v) is 9.94. The SMILES string of the molecule is O=C(O)c1ccc(NC(=O)c2sccc2S(=O)(=O)N2CCCC2)cc1. The first kappa shape index (κ1) is 17.6. The van der Waals surface area contributed by atoms with Gasteiger partial charge in [0.1, 0.15) is 9.77 Å². The third-order valence-electron chi connectivity index (χ3n) is 3.91. The van der Waals surface area contributed by atoms with Crippen LogP contribution < -0.4 is 5.32 Å². The highest BCUT2D eigenvalue weighted by atomic mass is 32.2. The molecular weight excluding hydrogens is 364 g/mol. The minimum atomic E-state index is -3.68. The van der Waals surface area contributed by atoms with Crippen molar-refractivity contribution in [2.75, 3.05) is 18.4 Å². The summed E-state index contributed by atoms with van der Waals surface area (Å²) in [5, 5.41) is 13.1. The largest absolute Gasteiger partial charge is 0.478 e. The molecular formula is C16H16N2O5S2. The fraction of sp³-hybridized carbons (Fsp3) is 0.250. The lowest BCUT2D eigenvalue weighted by Crippen LogP contribution is -2.29. The molecule has 1 aliphatic heterocycles. The number of carboxylic acid groups (broad SMARTS) is 1. The predicted octanol–water partition coefficient (Wildman–Crippen LogP) is 2.48. The Bertz CT molecular complexity index is 897. The van der Waals surface area contributed by atoms with Crippen LogP contribution in [0.4, 0.5) is 5.69 Å². The highest BCUT2D eigenvalue weighted by Gasteiger charge is 2.31. The Morgan fingerprint density at radius 3 is 2.32 bits per heavy atom. The summed E-state index contributed by atoms with van der Waals surface area (Å²) in [7, 11) is -3.68. The van der Waals surface area contributed by atoms with Gasteiger partial charge in [-0.25, -0.2) is 13.2 Å². The summed E-state index contributed by atoms with van der Waals surface area (Å²) in [6.45, 7) is 0.936. The molecule has 2 heterocycles. The average molecular weight is 380 g/mol. The number of carboxylic acids is 1. The summed E-state index contributed by atoms with van der Waals surface area (Å²) in [5.74, 6) is -1.59. The summed E-state index contributed by atoms with van der Waals surface area (Å²) in [6.07, 6.45) is 1.64. The molecule has 0 atom stereocenters. The Labute approximate surface area is 149 Å². The van der Waals surface area contributed by atoms with Crippen molar-refractivity contribution in [2.24, 2.45) is 0 Å². The first-order valence-electron chi connectivity index (χ1n) is 7.62. The number of carbonyl (C=O) groups excluding carboxylic acids is 1. The number of amides is 1. The van der Waals surface area contributed by atoms with Crippen LogP contribution in [0.1, 0.15) is 32.9 Å². The highest BCUT2D eigenvalue weighted by molar-refractivity contribution is 7.89. The molecule has 1 aliphatic rings. The van der Waals surface area contributed by atoms with Gasteiger partial charge in [-0.3, -0.25) is 4.79 Å². The standard InChI is InChI=1S/C16H16N2O5S2/c19-15(17-12-5-3-11(4-6-12)16(20)21)14-13(7-10-24-14)25(22,23)18-8-1-2-9-18/h3-7,10H,1-2,8-9H2,(H,17,19)(H,20,21). The molecule has 0 saturated carbocycles. The van der Waals surface area contributed by atoms with Crippen molar-refractivity contribution < 1.29 is 23.1 Å². The lowest BCUT2D eigenvalue weighted by atomic mass is 10.2. The van der Waals surface area contributed by atoms with Gasteiger partial charge in [0.25, 0.3) is 5.91 Å². The maximum Gasteiger partial charge on any atom is 0.335 e. The normalized spacial score (nSPS) is 15.2. The molecule has 3 rings (SSSR count). The number of nitrogens with one attached hydrogen (secondary N) is 1. The number of hydrogen-bond acceptors (Lipinski definition) is 5. The van der Waals surface area contributed by atoms with Crippen LogP contribution in [0.15, 0.2) is 40.6 Å². The Hall–Kier alpha value is -2.23. The zero-order valence-electron chi connectivity index (χ0n) is 13.1. The van der Waals surface area contributed by atoms with Crippen molar-refractivity contribution in [1.29, 1.82) is 0 Å². The molecule has 132 valence electrons. The summed E-state index contributed by atoms with van der Waals surface area (Å²) in [4.78, 5) is 23.5. The first-order chi connectivity index (χ1) is 11.9. The zero-order valence-corrected chi connectivity index (χ0v) is 14.8. The second-order valence-electron chi connectivity index (χ2n) is 5.56. The van der Waals surface area contributed by atoms with Gasteiger partial charge in [0.2, 0.25) is 10.0 Å². The molecule has 2 N–H and O–H groups in total. The molecule has 1 fully saturated rings. The lowest BCUT2D eigenvalue weighted by Gasteiger charge is -2.15. The van der Waals surface area contributed by atoms with E-state index in [9.17, 15) is 18.0 Å². The molecule has 0 radical (unpaired) electrons. The topological polar surface area (TPSA) is 104 Å². The third-order valence-corrected chi connectivity index (χ3v) is 6.89. The summed E-state index contributed by atoms with van der Waals surface area (Å²) in [6, 6.07) is 7.11. The predicted molar refractivity (Wildman–Crippen MR) is 93.7 cm³/mol. The number of sulfonamides is 1. The number of rotatable bonds is 5. The summed E-state index contributed by atoms with van der Waals surface area (Å²) < 4.78 is 26.8. The van der Waals surface area contributed by atoms with E-state index < -0.39 is 21.9 Å². The van der Waals surface area contributed by atoms with Crippen LogP contribution in [0.2, 0.25) is 0 Å². The highest BCUT2D eigenvalue weighted by Crippen LogP contribution is 2.28. The van der Waals surface area contributed by atoms with Gasteiger partial charge in [0, 0.05) is 18.8 Å². The molecule has 9 heteroatoms. The molecule has 1 amide bonds. The molecule has 0 unspecified atom stereocenters. The number of thiophene rings is 1. The van der Waals surface area contributed by atoms with E-state index >= 15 is 0 Å². The number of nitrogens with zero attached hydrogens (tertiary/aromatic N) is 1. The quantitative estimate of drug-likeness (QED) is 0.829. The zero-order chi connectivity index (χ0) is 18.0. The molecule has 0 spiro atoms. The van der Waals surface area contributed by atoms with Crippen molar-refractivity contribution in [1.82, 2.24) is 4.31 Å². The monoisotopic (exact) mass is 380 g/mol. The van der Waals surface area contributed by atoms with Gasteiger partial charge < -0.3 is 10.4 Å². The van der Waals surface area contributed by atoms with Crippen LogP contribution in [0.3, 0.4) is 0 Å². The van der Waals surface area contributed by atoms with Crippen LogP contribution in [0, 0.1) is 0 Å². The number of benzene rings is 1. The fourth-order valence-corrected chi connectivity index (χ4v) is 5.43. The minimum Gasteiger partial charge on any atom is -0.478 e. The molecule has 1 aromatic heterocycles. The van der Waals surface area contributed by atoms with Gasteiger partial charge in [0.05, 0.1) is 5.56 Å². The van der Waals surface area contributed by atoms with Crippen LogP contribution in [-0.4, -0.2) is 42.8 Å². The Kier molecular flexibility index (Phi) is 4.89. The molecule has 2 aromatic rings.